The summed E-state index contributed by atoms with van der Waals surface area (Å²) in [7, 11) is 0. The Morgan fingerprint density at radius 2 is 2.06 bits per heavy atom. The third-order valence-corrected chi connectivity index (χ3v) is 3.63. The van der Waals surface area contributed by atoms with Gasteiger partial charge in [0.15, 0.2) is 11.5 Å². The van der Waals surface area contributed by atoms with Gasteiger partial charge in [0.25, 0.3) is 0 Å². The number of anilines is 1. The molecular weight excluding hydrogens is 252 g/mol. The lowest BCUT2D eigenvalue weighted by Gasteiger charge is -2.35. The predicted molar refractivity (Wildman–Crippen MR) is 72.0 cm³/mol. The van der Waals surface area contributed by atoms with Gasteiger partial charge in [-0.25, -0.2) is 0 Å². The fraction of sp³-hybridized carbons (Fsp3) is 0.538. The molecule has 3 rings (SSSR count). The van der Waals surface area contributed by atoms with E-state index in [1.54, 1.807) is 0 Å². The van der Waals surface area contributed by atoms with Gasteiger partial charge in [0, 0.05) is 19.6 Å². The normalized spacial score (nSPS) is 23.0. The van der Waals surface area contributed by atoms with Gasteiger partial charge in [-0.2, -0.15) is 0 Å². The van der Waals surface area contributed by atoms with Crippen LogP contribution >= 0.6 is 11.6 Å². The first-order valence-corrected chi connectivity index (χ1v) is 6.71. The van der Waals surface area contributed by atoms with Crippen molar-refractivity contribution in [2.75, 3.05) is 37.7 Å². The van der Waals surface area contributed by atoms with Crippen LogP contribution in [0.2, 0.25) is 0 Å². The third-order valence-electron chi connectivity index (χ3n) is 3.33. The Hall–Kier alpha value is -1.13. The Kier molecular flexibility index (Phi) is 3.22. The molecule has 2 aliphatic heterocycles. The van der Waals surface area contributed by atoms with E-state index >= 15 is 0 Å². The Bertz CT molecular complexity index is 453. The van der Waals surface area contributed by atoms with Gasteiger partial charge >= 0.3 is 0 Å². The lowest BCUT2D eigenvalue weighted by molar-refractivity contribution is 0.171. The minimum atomic E-state index is -0.0137. The zero-order valence-electron chi connectivity index (χ0n) is 10.4. The smallest absolute Gasteiger partial charge is 0.184 e. The number of piperazine rings is 1. The Labute approximate surface area is 112 Å². The molecule has 0 radical (unpaired) electrons. The van der Waals surface area contributed by atoms with E-state index in [9.17, 15) is 0 Å². The molecule has 1 unspecified atom stereocenters. The van der Waals surface area contributed by atoms with E-state index in [4.69, 9.17) is 21.1 Å². The number of hydrogen-bond donors (Lipinski definition) is 1. The first kappa shape index (κ1) is 11.9. The number of aryl methyl sites for hydroxylation is 1. The number of alkyl halides is 1. The van der Waals surface area contributed by atoms with Gasteiger partial charge in [-0.05, 0) is 18.6 Å². The van der Waals surface area contributed by atoms with Crippen molar-refractivity contribution in [2.45, 2.75) is 12.4 Å². The number of fused-ring (bicyclic) bond motifs is 1. The van der Waals surface area contributed by atoms with Gasteiger partial charge in [0.05, 0.1) is 5.69 Å². The van der Waals surface area contributed by atoms with Gasteiger partial charge in [-0.3, -0.25) is 5.32 Å². The summed E-state index contributed by atoms with van der Waals surface area (Å²) in [4.78, 5) is 2.25. The molecule has 4 nitrogen and oxygen atoms in total. The van der Waals surface area contributed by atoms with Gasteiger partial charge in [-0.15, -0.1) is 11.6 Å². The summed E-state index contributed by atoms with van der Waals surface area (Å²) >= 11 is 6.15. The number of nitrogens with one attached hydrogen (secondary N) is 1. The summed E-state index contributed by atoms with van der Waals surface area (Å²) in [5.41, 5.74) is 2.19. The number of nitrogens with zero attached hydrogens (tertiary/aromatic N) is 1. The zero-order valence-corrected chi connectivity index (χ0v) is 11.2. The predicted octanol–water partition coefficient (Wildman–Crippen LogP) is 1.74. The third kappa shape index (κ3) is 2.10. The van der Waals surface area contributed by atoms with E-state index in [-0.39, 0.29) is 5.50 Å². The van der Waals surface area contributed by atoms with Crippen molar-refractivity contribution >= 4 is 17.3 Å². The highest BCUT2D eigenvalue weighted by Crippen LogP contribution is 2.42. The quantitative estimate of drug-likeness (QED) is 0.621. The van der Waals surface area contributed by atoms with Crippen molar-refractivity contribution in [1.82, 2.24) is 5.32 Å². The van der Waals surface area contributed by atoms with Crippen molar-refractivity contribution in [3.05, 3.63) is 17.7 Å². The lowest BCUT2D eigenvalue weighted by atomic mass is 10.1. The summed E-state index contributed by atoms with van der Waals surface area (Å²) in [5.74, 6) is 1.75. The van der Waals surface area contributed by atoms with Crippen LogP contribution in [0.25, 0.3) is 0 Å². The molecule has 0 spiro atoms. The molecule has 0 aliphatic carbocycles. The second kappa shape index (κ2) is 4.86. The zero-order chi connectivity index (χ0) is 12.5. The van der Waals surface area contributed by atoms with Crippen LogP contribution in [0.3, 0.4) is 0 Å². The van der Waals surface area contributed by atoms with E-state index in [1.165, 1.54) is 0 Å². The number of hydrogen-bond acceptors (Lipinski definition) is 4. The van der Waals surface area contributed by atoms with Crippen LogP contribution in [-0.2, 0) is 0 Å². The fourth-order valence-corrected chi connectivity index (χ4v) is 2.71. The summed E-state index contributed by atoms with van der Waals surface area (Å²) < 4.78 is 11.5. The Balaban J connectivity index is 1.96. The molecule has 1 aromatic carbocycles. The van der Waals surface area contributed by atoms with Crippen LogP contribution in [0.1, 0.15) is 5.56 Å². The molecule has 0 aromatic heterocycles. The minimum Gasteiger partial charge on any atom is -0.486 e. The summed E-state index contributed by atoms with van der Waals surface area (Å²) in [6.45, 7) is 5.87. The second-order valence-electron chi connectivity index (χ2n) is 4.62. The molecule has 1 N–H and O–H groups in total. The van der Waals surface area contributed by atoms with E-state index < -0.39 is 0 Å². The molecule has 0 bridgehead atoms. The van der Waals surface area contributed by atoms with Crippen LogP contribution in [0, 0.1) is 6.92 Å². The fourth-order valence-electron chi connectivity index (χ4n) is 2.43. The highest BCUT2D eigenvalue weighted by molar-refractivity contribution is 6.20. The Morgan fingerprint density at radius 1 is 1.28 bits per heavy atom. The van der Waals surface area contributed by atoms with Crippen molar-refractivity contribution in [1.29, 1.82) is 0 Å². The molecule has 2 aliphatic rings. The second-order valence-corrected chi connectivity index (χ2v) is 5.15. The number of benzene rings is 1. The maximum absolute atomic E-state index is 6.15. The van der Waals surface area contributed by atoms with Gasteiger partial charge in [0.1, 0.15) is 18.7 Å². The maximum atomic E-state index is 6.15. The van der Waals surface area contributed by atoms with Crippen LogP contribution in [-0.4, -0.2) is 38.3 Å². The molecule has 98 valence electrons. The van der Waals surface area contributed by atoms with Crippen molar-refractivity contribution in [3.8, 4) is 11.5 Å². The topological polar surface area (TPSA) is 33.7 Å². The minimum absolute atomic E-state index is 0.0137. The lowest BCUT2D eigenvalue weighted by Crippen LogP contribution is -2.48. The molecule has 0 amide bonds. The molecule has 0 saturated carbocycles. The molecule has 1 atom stereocenters. The van der Waals surface area contributed by atoms with Crippen LogP contribution < -0.4 is 19.7 Å². The maximum Gasteiger partial charge on any atom is 0.184 e. The summed E-state index contributed by atoms with van der Waals surface area (Å²) in [6.07, 6.45) is 0. The van der Waals surface area contributed by atoms with E-state index in [2.05, 4.69) is 22.3 Å². The van der Waals surface area contributed by atoms with Crippen LogP contribution in [0.15, 0.2) is 12.1 Å². The van der Waals surface area contributed by atoms with Crippen LogP contribution in [0.5, 0.6) is 11.5 Å². The van der Waals surface area contributed by atoms with Gasteiger partial charge in [0.2, 0.25) is 0 Å². The molecule has 5 heteroatoms. The van der Waals surface area contributed by atoms with Gasteiger partial charge < -0.3 is 14.4 Å². The largest absolute Gasteiger partial charge is 0.486 e. The first-order chi connectivity index (χ1) is 8.75. The summed E-state index contributed by atoms with van der Waals surface area (Å²) in [6, 6.07) is 4.17. The van der Waals surface area contributed by atoms with E-state index in [0.717, 1.165) is 42.4 Å². The molecule has 1 saturated heterocycles. The number of rotatable bonds is 1. The highest BCUT2D eigenvalue weighted by Gasteiger charge is 2.25. The molecule has 18 heavy (non-hydrogen) atoms. The SMILES string of the molecule is Cc1ccc(N2CCNC(Cl)C2)c2c1OCCO2. The summed E-state index contributed by atoms with van der Waals surface area (Å²) in [5, 5.41) is 3.22. The number of halogens is 1. The number of ether oxygens (including phenoxy) is 2. The molecule has 2 heterocycles. The van der Waals surface area contributed by atoms with E-state index in [1.807, 2.05) is 6.92 Å². The van der Waals surface area contributed by atoms with Crippen LogP contribution in [0.4, 0.5) is 5.69 Å². The standard InChI is InChI=1S/C13H17ClN2O2/c1-9-2-3-10(13-12(9)17-6-7-18-13)16-5-4-15-11(14)8-16/h2-3,11,15H,4-8H2,1H3. The monoisotopic (exact) mass is 268 g/mol. The van der Waals surface area contributed by atoms with Crippen molar-refractivity contribution in [3.63, 3.8) is 0 Å². The molecular formula is C13H17ClN2O2. The average Bonchev–Trinajstić information content (AvgIpc) is 2.39. The molecule has 1 aromatic rings. The molecule has 1 fully saturated rings. The van der Waals surface area contributed by atoms with Crippen molar-refractivity contribution < 1.29 is 9.47 Å². The van der Waals surface area contributed by atoms with E-state index in [0.29, 0.717) is 13.2 Å². The first-order valence-electron chi connectivity index (χ1n) is 6.27. The van der Waals surface area contributed by atoms with Gasteiger partial charge in [-0.1, -0.05) is 6.07 Å². The average molecular weight is 269 g/mol. The highest BCUT2D eigenvalue weighted by atomic mass is 35.5. The van der Waals surface area contributed by atoms with Crippen molar-refractivity contribution in [2.24, 2.45) is 0 Å². The Morgan fingerprint density at radius 3 is 2.83 bits per heavy atom.